The van der Waals surface area contributed by atoms with Crippen LogP contribution in [0.25, 0.3) is 0 Å². The van der Waals surface area contributed by atoms with Crippen molar-refractivity contribution in [1.29, 1.82) is 0 Å². The summed E-state index contributed by atoms with van der Waals surface area (Å²) in [6.45, 7) is 0. The molecule has 0 aromatic carbocycles. The molecule has 12 heavy (non-hydrogen) atoms. The van der Waals surface area contributed by atoms with Gasteiger partial charge in [-0.1, -0.05) is 0 Å². The monoisotopic (exact) mass is 166 g/mol. The van der Waals surface area contributed by atoms with E-state index in [1.807, 2.05) is 0 Å². The molecule has 0 radical (unpaired) electrons. The largest absolute Gasteiger partial charge is 0.492 e. The van der Waals surface area contributed by atoms with Gasteiger partial charge in [0.2, 0.25) is 5.88 Å². The van der Waals surface area contributed by atoms with Gasteiger partial charge < -0.3 is 15.7 Å². The lowest BCUT2D eigenvalue weighted by Gasteiger charge is -2.04. The lowest BCUT2D eigenvalue weighted by molar-refractivity contribution is -0.119. The standard InChI is InChI=1S/C6H6N4O2/c11-5-3-4(8-1-7-3)6(12)10-2-9-5/h1-3,12H,(H,7,8)(H,9,10,11). The molecule has 1 atom stereocenters. The van der Waals surface area contributed by atoms with Gasteiger partial charge in [-0.15, -0.1) is 0 Å². The summed E-state index contributed by atoms with van der Waals surface area (Å²) in [6, 6.07) is -0.688. The highest BCUT2D eigenvalue weighted by Crippen LogP contribution is 2.13. The Morgan fingerprint density at radius 3 is 3.08 bits per heavy atom. The Balaban J connectivity index is 2.43. The van der Waals surface area contributed by atoms with Crippen molar-refractivity contribution >= 4 is 18.6 Å². The average molecular weight is 166 g/mol. The number of nitrogens with zero attached hydrogens (tertiary/aromatic N) is 2. The number of hydrogen-bond acceptors (Lipinski definition) is 5. The number of carbonyl (C=O) groups is 1. The minimum atomic E-state index is -0.688. The predicted molar refractivity (Wildman–Crippen MR) is 41.7 cm³/mol. The Hall–Kier alpha value is -1.85. The minimum Gasteiger partial charge on any atom is -0.492 e. The summed E-state index contributed by atoms with van der Waals surface area (Å²) < 4.78 is 0. The molecule has 1 unspecified atom stereocenters. The van der Waals surface area contributed by atoms with E-state index >= 15 is 0 Å². The lowest BCUT2D eigenvalue weighted by atomic mass is 10.2. The van der Waals surface area contributed by atoms with Gasteiger partial charge in [0.25, 0.3) is 5.91 Å². The van der Waals surface area contributed by atoms with Crippen molar-refractivity contribution in [2.24, 2.45) is 9.98 Å². The van der Waals surface area contributed by atoms with Gasteiger partial charge in [-0.25, -0.2) is 4.99 Å². The van der Waals surface area contributed by atoms with Crippen molar-refractivity contribution in [3.63, 3.8) is 0 Å². The summed E-state index contributed by atoms with van der Waals surface area (Å²) in [5, 5.41) is 14.2. The van der Waals surface area contributed by atoms with Crippen LogP contribution in [0.1, 0.15) is 0 Å². The summed E-state index contributed by atoms with van der Waals surface area (Å²) in [7, 11) is 0. The summed E-state index contributed by atoms with van der Waals surface area (Å²) in [5.41, 5.74) is 0.321. The van der Waals surface area contributed by atoms with Crippen molar-refractivity contribution in [1.82, 2.24) is 10.6 Å². The van der Waals surface area contributed by atoms with E-state index in [0.29, 0.717) is 5.70 Å². The van der Waals surface area contributed by atoms with E-state index in [1.165, 1.54) is 6.34 Å². The van der Waals surface area contributed by atoms with Crippen LogP contribution >= 0.6 is 0 Å². The molecule has 0 aromatic heterocycles. The average Bonchev–Trinajstić information content (AvgIpc) is 2.47. The summed E-state index contributed by atoms with van der Waals surface area (Å²) in [6.07, 6.45) is 2.50. The number of fused-ring (bicyclic) bond motifs is 1. The van der Waals surface area contributed by atoms with E-state index < -0.39 is 6.04 Å². The molecule has 2 rings (SSSR count). The van der Waals surface area contributed by atoms with E-state index in [-0.39, 0.29) is 11.8 Å². The maximum absolute atomic E-state index is 11.1. The van der Waals surface area contributed by atoms with Gasteiger partial charge in [0, 0.05) is 0 Å². The van der Waals surface area contributed by atoms with Crippen molar-refractivity contribution < 1.29 is 9.90 Å². The third-order valence-corrected chi connectivity index (χ3v) is 1.60. The zero-order valence-electron chi connectivity index (χ0n) is 5.98. The van der Waals surface area contributed by atoms with Gasteiger partial charge in [0.15, 0.2) is 6.04 Å². The second kappa shape index (κ2) is 2.33. The number of hydrogen-bond donors (Lipinski definition) is 3. The van der Waals surface area contributed by atoms with Crippen molar-refractivity contribution in [2.75, 3.05) is 0 Å². The van der Waals surface area contributed by atoms with Crippen LogP contribution in [0, 0.1) is 0 Å². The van der Waals surface area contributed by atoms with Crippen LogP contribution in [0.15, 0.2) is 21.6 Å². The molecule has 0 saturated carbocycles. The first-order valence-corrected chi connectivity index (χ1v) is 3.33. The molecule has 0 spiro atoms. The lowest BCUT2D eigenvalue weighted by Crippen LogP contribution is -2.32. The van der Waals surface area contributed by atoms with E-state index in [4.69, 9.17) is 0 Å². The minimum absolute atomic E-state index is 0.212. The number of amides is 1. The highest BCUT2D eigenvalue weighted by molar-refractivity contribution is 5.97. The zero-order chi connectivity index (χ0) is 8.55. The van der Waals surface area contributed by atoms with Crippen LogP contribution in [0.4, 0.5) is 0 Å². The summed E-state index contributed by atoms with van der Waals surface area (Å²) in [5.74, 6) is -0.519. The van der Waals surface area contributed by atoms with Gasteiger partial charge in [-0.2, -0.15) is 0 Å². The van der Waals surface area contributed by atoms with Crippen LogP contribution < -0.4 is 10.6 Å². The topological polar surface area (TPSA) is 86.1 Å². The highest BCUT2D eigenvalue weighted by atomic mass is 16.3. The Labute approximate surface area is 67.7 Å². The van der Waals surface area contributed by atoms with E-state index in [1.54, 1.807) is 0 Å². The molecular formula is C6H6N4O2. The van der Waals surface area contributed by atoms with Crippen molar-refractivity contribution in [3.05, 3.63) is 11.6 Å². The predicted octanol–water partition coefficient (Wildman–Crippen LogP) is -1.13. The molecule has 0 fully saturated rings. The number of rotatable bonds is 0. The highest BCUT2D eigenvalue weighted by Gasteiger charge is 2.29. The molecule has 0 saturated heterocycles. The Kier molecular flexibility index (Phi) is 1.33. The van der Waals surface area contributed by atoms with Gasteiger partial charge in [0.05, 0.1) is 12.7 Å². The SMILES string of the molecule is O=C1NC=NC(O)=C2NC=NC12. The molecule has 0 aromatic rings. The van der Waals surface area contributed by atoms with Crippen molar-refractivity contribution in [2.45, 2.75) is 6.04 Å². The molecule has 2 heterocycles. The number of aliphatic hydroxyl groups is 1. The Bertz CT molecular complexity index is 318. The Morgan fingerprint density at radius 2 is 2.25 bits per heavy atom. The third kappa shape index (κ3) is 0.849. The molecule has 2 aliphatic rings. The number of aliphatic imine (C=N–C) groups is 2. The molecular weight excluding hydrogens is 160 g/mol. The van der Waals surface area contributed by atoms with Crippen LogP contribution in [-0.4, -0.2) is 29.7 Å². The first-order chi connectivity index (χ1) is 5.79. The fourth-order valence-corrected chi connectivity index (χ4v) is 1.03. The van der Waals surface area contributed by atoms with E-state index in [2.05, 4.69) is 20.6 Å². The fraction of sp³-hybridized carbons (Fsp3) is 0.167. The van der Waals surface area contributed by atoms with E-state index in [0.717, 1.165) is 6.34 Å². The van der Waals surface area contributed by atoms with Gasteiger partial charge >= 0.3 is 0 Å². The zero-order valence-corrected chi connectivity index (χ0v) is 5.98. The smallest absolute Gasteiger partial charge is 0.256 e. The summed E-state index contributed by atoms with van der Waals surface area (Å²) in [4.78, 5) is 18.5. The Morgan fingerprint density at radius 1 is 1.42 bits per heavy atom. The molecule has 6 nitrogen and oxygen atoms in total. The van der Waals surface area contributed by atoms with Gasteiger partial charge in [-0.05, 0) is 0 Å². The molecule has 3 N–H and O–H groups in total. The normalized spacial score (nSPS) is 26.3. The molecule has 62 valence electrons. The quantitative estimate of drug-likeness (QED) is 0.425. The second-order valence-corrected chi connectivity index (χ2v) is 2.33. The number of carbonyl (C=O) groups excluding carboxylic acids is 1. The van der Waals surface area contributed by atoms with Crippen molar-refractivity contribution in [3.8, 4) is 0 Å². The van der Waals surface area contributed by atoms with Crippen LogP contribution in [0.3, 0.4) is 0 Å². The van der Waals surface area contributed by atoms with Crippen LogP contribution in [-0.2, 0) is 4.79 Å². The number of aliphatic hydroxyl groups excluding tert-OH is 1. The third-order valence-electron chi connectivity index (χ3n) is 1.60. The molecule has 1 amide bonds. The maximum atomic E-state index is 11.1. The van der Waals surface area contributed by atoms with Gasteiger partial charge in [0.1, 0.15) is 5.70 Å². The molecule has 6 heteroatoms. The van der Waals surface area contributed by atoms with Gasteiger partial charge in [-0.3, -0.25) is 9.79 Å². The summed E-state index contributed by atoms with van der Waals surface area (Å²) >= 11 is 0. The molecule has 0 bridgehead atoms. The molecule has 0 aliphatic carbocycles. The first kappa shape index (κ1) is 6.84. The van der Waals surface area contributed by atoms with E-state index in [9.17, 15) is 9.90 Å². The van der Waals surface area contributed by atoms with Crippen LogP contribution in [0.5, 0.6) is 0 Å². The number of nitrogens with one attached hydrogen (secondary N) is 2. The van der Waals surface area contributed by atoms with Crippen LogP contribution in [0.2, 0.25) is 0 Å². The maximum Gasteiger partial charge on any atom is 0.256 e. The first-order valence-electron chi connectivity index (χ1n) is 3.33. The second-order valence-electron chi connectivity index (χ2n) is 2.33. The fourth-order valence-electron chi connectivity index (χ4n) is 1.03. The molecule has 2 aliphatic heterocycles.